The number of hydrogen-bond donors (Lipinski definition) is 1. The van der Waals surface area contributed by atoms with Crippen LogP contribution in [0.15, 0.2) is 0 Å². The van der Waals surface area contributed by atoms with Crippen molar-refractivity contribution in [2.24, 2.45) is 0 Å². The Labute approximate surface area is 63.7 Å². The first-order valence-corrected chi connectivity index (χ1v) is 2.33. The van der Waals surface area contributed by atoms with Gasteiger partial charge >= 0.3 is 64.5 Å². The fourth-order valence-electron chi connectivity index (χ4n) is 0. The van der Waals surface area contributed by atoms with Crippen molar-refractivity contribution in [3.8, 4) is 0 Å². The molecule has 0 saturated carbocycles. The third-order valence-electron chi connectivity index (χ3n) is 0. The van der Waals surface area contributed by atoms with E-state index in [2.05, 4.69) is 0 Å². The molecule has 0 unspecified atom stereocenters. The predicted molar refractivity (Wildman–Crippen MR) is 12.1 cm³/mol. The van der Waals surface area contributed by atoms with Crippen LogP contribution in [0.2, 0.25) is 0 Å². The van der Waals surface area contributed by atoms with E-state index in [4.69, 9.17) is 11.4 Å². The van der Waals surface area contributed by atoms with E-state index in [0.29, 0.717) is 0 Å². The molecule has 1 N–H and O–H groups in total. The molecule has 0 fully saturated rings. The van der Waals surface area contributed by atoms with Gasteiger partial charge in [0, 0.05) is 0 Å². The van der Waals surface area contributed by atoms with E-state index in [-0.39, 0.29) is 37.7 Å². The summed E-state index contributed by atoms with van der Waals surface area (Å²) in [5.74, 6) is 0. The molecule has 0 atom stereocenters. The molecule has 0 aromatic heterocycles. The van der Waals surface area contributed by atoms with Crippen LogP contribution in [0.3, 0.4) is 0 Å². The van der Waals surface area contributed by atoms with Crippen LogP contribution in [0.4, 0.5) is 0 Å². The normalized spacial score (nSPS) is 5.00. The van der Waals surface area contributed by atoms with Gasteiger partial charge in [-0.2, -0.15) is 0 Å². The summed E-state index contributed by atoms with van der Waals surface area (Å²) in [5.41, 5.74) is 0. The van der Waals surface area contributed by atoms with E-state index in [0.717, 1.165) is 0 Å². The van der Waals surface area contributed by atoms with Crippen molar-refractivity contribution in [3.05, 3.63) is 0 Å². The molecule has 0 aliphatic heterocycles. The minimum absolute atomic E-state index is 0. The van der Waals surface area contributed by atoms with Gasteiger partial charge < -0.3 is 0 Å². The maximum absolute atomic E-state index is 8.67. The monoisotopic (exact) mass is 142 g/mol. The Balaban J connectivity index is 0. The molecule has 0 aliphatic rings. The summed E-state index contributed by atoms with van der Waals surface area (Å²) in [4.78, 5) is 0. The van der Waals surface area contributed by atoms with Crippen LogP contribution in [-0.2, 0) is 22.7 Å². The molecule has 0 amide bonds. The van der Waals surface area contributed by atoms with Crippen LogP contribution in [0.25, 0.3) is 0 Å². The van der Waals surface area contributed by atoms with Crippen molar-refractivity contribution in [3.63, 3.8) is 0 Å². The Morgan fingerprint density at radius 1 is 1.40 bits per heavy atom. The molecular formula is H3CaO3V. The molecule has 0 rings (SSSR count). The molecule has 0 bridgehead atoms. The van der Waals surface area contributed by atoms with Gasteiger partial charge in [0.05, 0.1) is 0 Å². The first-order valence-electron chi connectivity index (χ1n) is 0.565. The summed E-state index contributed by atoms with van der Waals surface area (Å²) in [6.45, 7) is 0. The molecule has 0 heterocycles. The fourth-order valence-corrected chi connectivity index (χ4v) is 0. The Morgan fingerprint density at radius 3 is 1.40 bits per heavy atom. The molecule has 0 saturated heterocycles. The molecule has 0 radical (unpaired) electrons. The molecule has 5 heteroatoms. The topological polar surface area (TPSA) is 54.4 Å². The first kappa shape index (κ1) is 9.64. The van der Waals surface area contributed by atoms with E-state index in [9.17, 15) is 0 Å². The van der Waals surface area contributed by atoms with Gasteiger partial charge in [0.1, 0.15) is 0 Å². The number of hydrogen-bond acceptors (Lipinski definition) is 2. The predicted octanol–water partition coefficient (Wildman–Crippen LogP) is -1.71. The third kappa shape index (κ3) is 31.8. The zero-order valence-corrected chi connectivity index (χ0v) is 3.11. The first-order chi connectivity index (χ1) is 1.73. The summed E-state index contributed by atoms with van der Waals surface area (Å²) in [6, 6.07) is 0. The van der Waals surface area contributed by atoms with Crippen LogP contribution >= 0.6 is 0 Å². The zero-order chi connectivity index (χ0) is 3.58. The van der Waals surface area contributed by atoms with E-state index in [1.54, 1.807) is 0 Å². The quantitative estimate of drug-likeness (QED) is 0.409. The Hall–Kier alpha value is 1.40. The van der Waals surface area contributed by atoms with Crippen LogP contribution in [0.5, 0.6) is 0 Å². The van der Waals surface area contributed by atoms with Crippen LogP contribution in [0, 0.1) is 0 Å². The molecule has 28 valence electrons. The number of rotatable bonds is 0. The molecule has 0 spiro atoms. The average Bonchev–Trinajstić information content (AvgIpc) is 0.811. The zero-order valence-electron chi connectivity index (χ0n) is 1.71. The van der Waals surface area contributed by atoms with Crippen LogP contribution in [0.1, 0.15) is 0 Å². The van der Waals surface area contributed by atoms with Gasteiger partial charge in [-0.05, 0) is 0 Å². The van der Waals surface area contributed by atoms with Crippen molar-refractivity contribution in [1.29, 1.82) is 0 Å². The second-order valence-corrected chi connectivity index (χ2v) is 0.981. The van der Waals surface area contributed by atoms with E-state index in [1.807, 2.05) is 0 Å². The van der Waals surface area contributed by atoms with Gasteiger partial charge in [-0.1, -0.05) is 0 Å². The second-order valence-electron chi connectivity index (χ2n) is 0.238. The summed E-state index contributed by atoms with van der Waals surface area (Å²) in [7, 11) is 0. The van der Waals surface area contributed by atoms with E-state index < -0.39 is 15.4 Å². The molecule has 5 heavy (non-hydrogen) atoms. The standard InChI is InChI=1S/Ca.H2O.2O.V.2H/h;1H2;;;;;/q;;;;+1;;/p-1. The molecule has 0 aliphatic carbocycles. The van der Waals surface area contributed by atoms with Gasteiger partial charge in [-0.25, -0.2) is 0 Å². The summed E-state index contributed by atoms with van der Waals surface area (Å²) < 4.78 is 24.4. The van der Waals surface area contributed by atoms with Crippen LogP contribution < -0.4 is 0 Å². The van der Waals surface area contributed by atoms with Crippen molar-refractivity contribution >= 4 is 37.7 Å². The Kier molecular flexibility index (Phi) is 10.4. The van der Waals surface area contributed by atoms with Crippen molar-refractivity contribution in [2.45, 2.75) is 0 Å². The van der Waals surface area contributed by atoms with Crippen molar-refractivity contribution < 1.29 is 26.8 Å². The summed E-state index contributed by atoms with van der Waals surface area (Å²) >= 11 is -3.69. The van der Waals surface area contributed by atoms with Crippen molar-refractivity contribution in [1.82, 2.24) is 0 Å². The van der Waals surface area contributed by atoms with Crippen molar-refractivity contribution in [2.75, 3.05) is 0 Å². The van der Waals surface area contributed by atoms with E-state index in [1.165, 1.54) is 0 Å². The fraction of sp³-hybridized carbons (Fsp3) is 0. The summed E-state index contributed by atoms with van der Waals surface area (Å²) in [5, 5.41) is 0. The Bertz CT molecular complexity index is 55.3. The molecule has 3 nitrogen and oxygen atoms in total. The average molecular weight is 142 g/mol. The van der Waals surface area contributed by atoms with Gasteiger partial charge in [0.25, 0.3) is 0 Å². The van der Waals surface area contributed by atoms with Gasteiger partial charge in [-0.3, -0.25) is 0 Å². The van der Waals surface area contributed by atoms with E-state index >= 15 is 0 Å². The van der Waals surface area contributed by atoms with Gasteiger partial charge in [0.2, 0.25) is 0 Å². The summed E-state index contributed by atoms with van der Waals surface area (Å²) in [6.07, 6.45) is 0. The second kappa shape index (κ2) is 5.40. The van der Waals surface area contributed by atoms with Gasteiger partial charge in [-0.15, -0.1) is 0 Å². The maximum atomic E-state index is 8.67. The third-order valence-corrected chi connectivity index (χ3v) is 0. The molecule has 0 aromatic rings. The molecule has 0 aromatic carbocycles. The SMILES string of the molecule is [CaH2].[O]=[V](=[O])[OH]. The van der Waals surface area contributed by atoms with Gasteiger partial charge in [0.15, 0.2) is 0 Å². The van der Waals surface area contributed by atoms with Crippen LogP contribution in [-0.4, -0.2) is 41.8 Å². The molecular weight excluding hydrogens is 139 g/mol. The Morgan fingerprint density at radius 2 is 1.40 bits per heavy atom. The minimum atomic E-state index is -3.69.